The van der Waals surface area contributed by atoms with E-state index in [9.17, 15) is 4.79 Å². The number of aromatic nitrogens is 5. The van der Waals surface area contributed by atoms with Gasteiger partial charge in [0, 0.05) is 29.1 Å². The number of aldehydes is 1. The molecule has 3 aromatic heterocycles. The standard InChI is InChI=1S/C17H11N5O3S.C2H6.CH4/c23-9-11-2-1-3-13(8-11)15-19-14(25-22-15)10-26-17-21-20-16(24-17)12-4-6-18-7-5-12;1-2;/h1-9H,10H2;1-2H3;1H4. The van der Waals surface area contributed by atoms with E-state index in [1.54, 1.807) is 42.7 Å². The molecule has 0 saturated heterocycles. The zero-order valence-corrected chi connectivity index (χ0v) is 16.1. The predicted octanol–water partition coefficient (Wildman–Crippen LogP) is 4.95. The Hall–Kier alpha value is -3.33. The molecular weight excluding hydrogens is 390 g/mol. The van der Waals surface area contributed by atoms with Crippen LogP contribution in [0.1, 0.15) is 37.5 Å². The summed E-state index contributed by atoms with van der Waals surface area (Å²) in [5.74, 6) is 1.66. The summed E-state index contributed by atoms with van der Waals surface area (Å²) in [4.78, 5) is 19.1. The fourth-order valence-corrected chi connectivity index (χ4v) is 2.79. The van der Waals surface area contributed by atoms with Crippen molar-refractivity contribution in [2.24, 2.45) is 0 Å². The quantitative estimate of drug-likeness (QED) is 0.321. The van der Waals surface area contributed by atoms with Gasteiger partial charge in [-0.3, -0.25) is 9.78 Å². The Morgan fingerprint density at radius 3 is 2.62 bits per heavy atom. The van der Waals surface area contributed by atoms with Gasteiger partial charge in [-0.15, -0.1) is 10.2 Å². The number of carbonyl (C=O) groups is 1. The molecule has 0 aliphatic rings. The molecule has 8 nitrogen and oxygen atoms in total. The van der Waals surface area contributed by atoms with E-state index < -0.39 is 0 Å². The van der Waals surface area contributed by atoms with Crippen LogP contribution >= 0.6 is 11.8 Å². The fraction of sp³-hybridized carbons (Fsp3) is 0.200. The van der Waals surface area contributed by atoms with Gasteiger partial charge in [0.1, 0.15) is 6.29 Å². The average molecular weight is 411 g/mol. The first kappa shape index (κ1) is 22.0. The molecule has 0 amide bonds. The molecule has 0 fully saturated rings. The molecule has 0 aliphatic carbocycles. The van der Waals surface area contributed by atoms with Crippen LogP contribution in [0.3, 0.4) is 0 Å². The van der Waals surface area contributed by atoms with Crippen molar-refractivity contribution in [2.75, 3.05) is 0 Å². The molecular formula is C20H21N5O3S. The molecule has 29 heavy (non-hydrogen) atoms. The molecule has 0 aliphatic heterocycles. The lowest BCUT2D eigenvalue weighted by Gasteiger charge is -1.94. The molecule has 0 saturated carbocycles. The Morgan fingerprint density at radius 1 is 1.07 bits per heavy atom. The first-order valence-corrected chi connectivity index (χ1v) is 9.55. The summed E-state index contributed by atoms with van der Waals surface area (Å²) in [6.07, 6.45) is 4.09. The number of thioether (sulfide) groups is 1. The van der Waals surface area contributed by atoms with Crippen molar-refractivity contribution in [3.8, 4) is 22.8 Å². The minimum atomic E-state index is 0. The van der Waals surface area contributed by atoms with Crippen molar-refractivity contribution in [1.82, 2.24) is 25.3 Å². The second kappa shape index (κ2) is 10.9. The number of carbonyl (C=O) groups excluding carboxylic acids is 1. The van der Waals surface area contributed by atoms with Crippen LogP contribution < -0.4 is 0 Å². The average Bonchev–Trinajstić information content (AvgIpc) is 3.44. The normalized spacial score (nSPS) is 9.86. The number of rotatable bonds is 6. The Balaban J connectivity index is 0.000000970. The molecule has 1 aromatic carbocycles. The topological polar surface area (TPSA) is 108 Å². The summed E-state index contributed by atoms with van der Waals surface area (Å²) in [6, 6.07) is 10.6. The molecule has 0 unspecified atom stereocenters. The van der Waals surface area contributed by atoms with Crippen LogP contribution in [0.4, 0.5) is 0 Å². The summed E-state index contributed by atoms with van der Waals surface area (Å²) in [6.45, 7) is 4.00. The molecule has 0 radical (unpaired) electrons. The molecule has 0 bridgehead atoms. The van der Waals surface area contributed by atoms with Crippen LogP contribution in [0, 0.1) is 0 Å². The van der Waals surface area contributed by atoms with Crippen LogP contribution in [0.25, 0.3) is 22.8 Å². The molecule has 0 spiro atoms. The zero-order chi connectivity index (χ0) is 19.8. The highest BCUT2D eigenvalue weighted by molar-refractivity contribution is 7.98. The largest absolute Gasteiger partial charge is 0.411 e. The molecule has 0 N–H and O–H groups in total. The Kier molecular flexibility index (Phi) is 8.23. The van der Waals surface area contributed by atoms with Gasteiger partial charge in [-0.2, -0.15) is 4.98 Å². The lowest BCUT2D eigenvalue weighted by Crippen LogP contribution is -1.85. The molecule has 0 atom stereocenters. The second-order valence-corrected chi connectivity index (χ2v) is 6.08. The molecule has 150 valence electrons. The summed E-state index contributed by atoms with van der Waals surface area (Å²) in [5, 5.41) is 12.3. The van der Waals surface area contributed by atoms with Gasteiger partial charge in [-0.1, -0.05) is 56.4 Å². The van der Waals surface area contributed by atoms with Gasteiger partial charge >= 0.3 is 0 Å². The van der Waals surface area contributed by atoms with E-state index in [0.29, 0.717) is 39.7 Å². The van der Waals surface area contributed by atoms with E-state index >= 15 is 0 Å². The van der Waals surface area contributed by atoms with Gasteiger partial charge in [0.05, 0.1) is 5.75 Å². The van der Waals surface area contributed by atoms with E-state index in [-0.39, 0.29) is 7.43 Å². The van der Waals surface area contributed by atoms with E-state index in [0.717, 1.165) is 11.8 Å². The summed E-state index contributed by atoms with van der Waals surface area (Å²) in [5.41, 5.74) is 2.07. The minimum Gasteiger partial charge on any atom is -0.411 e. The van der Waals surface area contributed by atoms with Crippen molar-refractivity contribution < 1.29 is 13.7 Å². The number of pyridine rings is 1. The third kappa shape index (κ3) is 5.58. The number of hydrogen-bond acceptors (Lipinski definition) is 9. The van der Waals surface area contributed by atoms with Crippen molar-refractivity contribution >= 4 is 18.0 Å². The number of hydrogen-bond donors (Lipinski definition) is 0. The van der Waals surface area contributed by atoms with Crippen LogP contribution in [0.5, 0.6) is 0 Å². The van der Waals surface area contributed by atoms with Gasteiger partial charge in [0.2, 0.25) is 17.6 Å². The molecule has 9 heteroatoms. The van der Waals surface area contributed by atoms with Crippen LogP contribution in [-0.2, 0) is 5.75 Å². The third-order valence-electron chi connectivity index (χ3n) is 3.40. The van der Waals surface area contributed by atoms with Gasteiger partial charge in [0.15, 0.2) is 0 Å². The predicted molar refractivity (Wildman–Crippen MR) is 110 cm³/mol. The highest BCUT2D eigenvalue weighted by atomic mass is 32.2. The van der Waals surface area contributed by atoms with Gasteiger partial charge in [-0.05, 0) is 18.2 Å². The Bertz CT molecular complexity index is 1030. The van der Waals surface area contributed by atoms with Crippen molar-refractivity contribution in [3.05, 3.63) is 60.2 Å². The maximum absolute atomic E-state index is 10.9. The molecule has 3 heterocycles. The van der Waals surface area contributed by atoms with Gasteiger partial charge in [-0.25, -0.2) is 0 Å². The number of benzene rings is 1. The van der Waals surface area contributed by atoms with Gasteiger partial charge in [0.25, 0.3) is 5.22 Å². The summed E-state index contributed by atoms with van der Waals surface area (Å²) in [7, 11) is 0. The Morgan fingerprint density at radius 2 is 1.86 bits per heavy atom. The van der Waals surface area contributed by atoms with Crippen LogP contribution in [0.2, 0.25) is 0 Å². The van der Waals surface area contributed by atoms with Crippen LogP contribution in [0.15, 0.2) is 63.0 Å². The van der Waals surface area contributed by atoms with Crippen molar-refractivity contribution in [2.45, 2.75) is 32.2 Å². The minimum absolute atomic E-state index is 0. The molecule has 4 rings (SSSR count). The highest BCUT2D eigenvalue weighted by Crippen LogP contribution is 2.26. The second-order valence-electron chi connectivity index (χ2n) is 5.15. The first-order valence-electron chi connectivity index (χ1n) is 8.57. The van der Waals surface area contributed by atoms with Gasteiger partial charge < -0.3 is 8.94 Å². The highest BCUT2D eigenvalue weighted by Gasteiger charge is 2.13. The van der Waals surface area contributed by atoms with E-state index in [2.05, 4.69) is 25.3 Å². The third-order valence-corrected chi connectivity index (χ3v) is 4.21. The lowest BCUT2D eigenvalue weighted by atomic mass is 10.1. The van der Waals surface area contributed by atoms with E-state index in [4.69, 9.17) is 8.94 Å². The van der Waals surface area contributed by atoms with Crippen LogP contribution in [-0.4, -0.2) is 31.6 Å². The SMILES string of the molecule is C.CC.O=Cc1cccc(-c2noc(CSc3nnc(-c4ccncc4)o3)n2)c1. The monoisotopic (exact) mass is 411 g/mol. The van der Waals surface area contributed by atoms with E-state index in [1.807, 2.05) is 19.9 Å². The fourth-order valence-electron chi connectivity index (χ4n) is 2.18. The Labute approximate surface area is 172 Å². The zero-order valence-electron chi connectivity index (χ0n) is 15.3. The first-order chi connectivity index (χ1) is 13.8. The summed E-state index contributed by atoms with van der Waals surface area (Å²) < 4.78 is 10.8. The maximum Gasteiger partial charge on any atom is 0.277 e. The van der Waals surface area contributed by atoms with E-state index in [1.165, 1.54) is 11.8 Å². The smallest absolute Gasteiger partial charge is 0.277 e. The number of nitrogens with zero attached hydrogens (tertiary/aromatic N) is 5. The maximum atomic E-state index is 10.9. The van der Waals surface area contributed by atoms with Crippen molar-refractivity contribution in [1.29, 1.82) is 0 Å². The lowest BCUT2D eigenvalue weighted by molar-refractivity contribution is 0.112. The molecule has 4 aromatic rings. The van der Waals surface area contributed by atoms with Crippen molar-refractivity contribution in [3.63, 3.8) is 0 Å². The summed E-state index contributed by atoms with van der Waals surface area (Å²) >= 11 is 1.30.